The number of hydrogen-bond acceptors (Lipinski definition) is 4. The fourth-order valence-electron chi connectivity index (χ4n) is 2.94. The van der Waals surface area contributed by atoms with Gasteiger partial charge in [-0.25, -0.2) is 0 Å². The maximum atomic E-state index is 12.5. The zero-order valence-electron chi connectivity index (χ0n) is 12.9. The van der Waals surface area contributed by atoms with Crippen LogP contribution in [0.25, 0.3) is 0 Å². The van der Waals surface area contributed by atoms with Crippen molar-refractivity contribution in [3.05, 3.63) is 33.8 Å². The lowest BCUT2D eigenvalue weighted by molar-refractivity contribution is -0.131. The van der Waals surface area contributed by atoms with Crippen molar-refractivity contribution >= 4 is 33.7 Å². The predicted molar refractivity (Wildman–Crippen MR) is 88.2 cm³/mol. The molecule has 0 saturated carbocycles. The number of benzene rings is 1. The second kappa shape index (κ2) is 6.41. The zero-order chi connectivity index (χ0) is 16.6. The highest BCUT2D eigenvalue weighted by atomic mass is 79.9. The standard InChI is InChI=1S/C16H18BrN3O3/c1-18-5-2-6-19(8-7-18)14(21)10-20-15(22)12-4-3-11(17)9-13(12)16(20)23/h3-4,9H,2,5-8,10H2,1H3. The Morgan fingerprint density at radius 2 is 1.83 bits per heavy atom. The lowest BCUT2D eigenvalue weighted by Gasteiger charge is -2.23. The molecular weight excluding hydrogens is 362 g/mol. The molecule has 1 fully saturated rings. The van der Waals surface area contributed by atoms with Crippen LogP contribution in [0.5, 0.6) is 0 Å². The first kappa shape index (κ1) is 16.1. The first-order valence-electron chi connectivity index (χ1n) is 7.59. The van der Waals surface area contributed by atoms with Crippen molar-refractivity contribution in [3.8, 4) is 0 Å². The summed E-state index contributed by atoms with van der Waals surface area (Å²) in [5.41, 5.74) is 0.717. The highest BCUT2D eigenvalue weighted by Crippen LogP contribution is 2.26. The third-order valence-electron chi connectivity index (χ3n) is 4.30. The molecule has 3 amide bonds. The largest absolute Gasteiger partial charge is 0.340 e. The van der Waals surface area contributed by atoms with Gasteiger partial charge < -0.3 is 9.80 Å². The number of carbonyl (C=O) groups is 3. The molecule has 0 atom stereocenters. The molecule has 3 rings (SSSR count). The van der Waals surface area contributed by atoms with Gasteiger partial charge in [-0.05, 0) is 38.2 Å². The molecule has 23 heavy (non-hydrogen) atoms. The van der Waals surface area contributed by atoms with E-state index in [9.17, 15) is 14.4 Å². The number of fused-ring (bicyclic) bond motifs is 1. The Labute approximate surface area is 143 Å². The maximum absolute atomic E-state index is 12.5. The van der Waals surface area contributed by atoms with Crippen LogP contribution in [0.3, 0.4) is 0 Å². The highest BCUT2D eigenvalue weighted by Gasteiger charge is 2.37. The summed E-state index contributed by atoms with van der Waals surface area (Å²) in [6.45, 7) is 2.86. The van der Waals surface area contributed by atoms with Gasteiger partial charge >= 0.3 is 0 Å². The number of imide groups is 1. The van der Waals surface area contributed by atoms with Crippen LogP contribution in [0.2, 0.25) is 0 Å². The predicted octanol–water partition coefficient (Wildman–Crippen LogP) is 1.21. The van der Waals surface area contributed by atoms with Crippen molar-refractivity contribution < 1.29 is 14.4 Å². The Balaban J connectivity index is 1.72. The first-order chi connectivity index (χ1) is 11.0. The normalized spacial score (nSPS) is 19.0. The number of hydrogen-bond donors (Lipinski definition) is 0. The van der Waals surface area contributed by atoms with Crippen molar-refractivity contribution in [3.63, 3.8) is 0 Å². The molecule has 0 bridgehead atoms. The van der Waals surface area contributed by atoms with Gasteiger partial charge in [0, 0.05) is 24.1 Å². The van der Waals surface area contributed by atoms with Crippen molar-refractivity contribution in [1.82, 2.24) is 14.7 Å². The van der Waals surface area contributed by atoms with Crippen molar-refractivity contribution in [2.45, 2.75) is 6.42 Å². The van der Waals surface area contributed by atoms with Gasteiger partial charge in [0.15, 0.2) is 0 Å². The molecule has 6 nitrogen and oxygen atoms in total. The van der Waals surface area contributed by atoms with E-state index in [4.69, 9.17) is 0 Å². The van der Waals surface area contributed by atoms with E-state index in [1.807, 2.05) is 7.05 Å². The number of amides is 3. The molecular formula is C16H18BrN3O3. The number of halogens is 1. The molecule has 122 valence electrons. The van der Waals surface area contributed by atoms with Gasteiger partial charge in [0.1, 0.15) is 6.54 Å². The van der Waals surface area contributed by atoms with E-state index in [1.54, 1.807) is 23.1 Å². The van der Waals surface area contributed by atoms with Gasteiger partial charge in [0.2, 0.25) is 5.91 Å². The molecule has 2 aliphatic heterocycles. The van der Waals surface area contributed by atoms with Crippen molar-refractivity contribution in [2.75, 3.05) is 39.8 Å². The van der Waals surface area contributed by atoms with Crippen molar-refractivity contribution in [2.24, 2.45) is 0 Å². The molecule has 1 saturated heterocycles. The summed E-state index contributed by atoms with van der Waals surface area (Å²) in [5, 5.41) is 0. The van der Waals surface area contributed by atoms with Crippen LogP contribution < -0.4 is 0 Å². The third kappa shape index (κ3) is 3.16. The van der Waals surface area contributed by atoms with Gasteiger partial charge in [-0.2, -0.15) is 0 Å². The van der Waals surface area contributed by atoms with Crippen LogP contribution >= 0.6 is 15.9 Å². The SMILES string of the molecule is CN1CCCN(C(=O)CN2C(=O)c3ccc(Br)cc3C2=O)CC1. The van der Waals surface area contributed by atoms with Gasteiger partial charge in [-0.1, -0.05) is 15.9 Å². The van der Waals surface area contributed by atoms with Crippen LogP contribution in [0.4, 0.5) is 0 Å². The van der Waals surface area contributed by atoms with Gasteiger partial charge in [-0.3, -0.25) is 19.3 Å². The fraction of sp³-hybridized carbons (Fsp3) is 0.438. The van der Waals surface area contributed by atoms with Crippen LogP contribution in [0.1, 0.15) is 27.1 Å². The first-order valence-corrected chi connectivity index (χ1v) is 8.39. The molecule has 0 N–H and O–H groups in total. The average Bonchev–Trinajstić information content (AvgIpc) is 2.69. The molecule has 2 heterocycles. The average molecular weight is 380 g/mol. The molecule has 0 radical (unpaired) electrons. The van der Waals surface area contributed by atoms with E-state index in [2.05, 4.69) is 20.8 Å². The Morgan fingerprint density at radius 1 is 1.09 bits per heavy atom. The Hall–Kier alpha value is -1.73. The Kier molecular flexibility index (Phi) is 4.50. The summed E-state index contributed by atoms with van der Waals surface area (Å²) in [4.78, 5) is 42.2. The van der Waals surface area contributed by atoms with E-state index in [-0.39, 0.29) is 12.5 Å². The monoisotopic (exact) mass is 379 g/mol. The highest BCUT2D eigenvalue weighted by molar-refractivity contribution is 9.10. The molecule has 1 aromatic rings. The van der Waals surface area contributed by atoms with E-state index >= 15 is 0 Å². The van der Waals surface area contributed by atoms with Gasteiger partial charge in [0.25, 0.3) is 11.8 Å². The number of carbonyl (C=O) groups excluding carboxylic acids is 3. The molecule has 2 aliphatic rings. The Morgan fingerprint density at radius 3 is 2.61 bits per heavy atom. The van der Waals surface area contributed by atoms with Crippen LogP contribution in [0.15, 0.2) is 22.7 Å². The minimum absolute atomic E-state index is 0.172. The summed E-state index contributed by atoms with van der Waals surface area (Å²) in [5.74, 6) is -0.960. The summed E-state index contributed by atoms with van der Waals surface area (Å²) < 4.78 is 0.737. The molecule has 0 unspecified atom stereocenters. The minimum atomic E-state index is -0.397. The summed E-state index contributed by atoms with van der Waals surface area (Å²) >= 11 is 3.30. The van der Waals surface area contributed by atoms with E-state index in [0.717, 1.165) is 28.9 Å². The summed E-state index contributed by atoms with van der Waals surface area (Å²) in [6, 6.07) is 4.96. The maximum Gasteiger partial charge on any atom is 0.262 e. The Bertz CT molecular complexity index is 677. The smallest absolute Gasteiger partial charge is 0.262 e. The molecule has 1 aromatic carbocycles. The van der Waals surface area contributed by atoms with E-state index in [0.29, 0.717) is 24.2 Å². The third-order valence-corrected chi connectivity index (χ3v) is 4.79. The van der Waals surface area contributed by atoms with Crippen LogP contribution in [-0.4, -0.2) is 72.2 Å². The summed E-state index contributed by atoms with van der Waals surface area (Å²) in [7, 11) is 2.02. The van der Waals surface area contributed by atoms with Crippen LogP contribution in [0, 0.1) is 0 Å². The van der Waals surface area contributed by atoms with E-state index in [1.165, 1.54) is 0 Å². The zero-order valence-corrected chi connectivity index (χ0v) is 14.5. The van der Waals surface area contributed by atoms with Gasteiger partial charge in [0.05, 0.1) is 11.1 Å². The minimum Gasteiger partial charge on any atom is -0.340 e. The number of likely N-dealkylation sites (N-methyl/N-ethyl adjacent to an activating group) is 1. The lowest BCUT2D eigenvalue weighted by Crippen LogP contribution is -2.43. The number of rotatable bonds is 2. The second-order valence-corrected chi connectivity index (χ2v) is 6.84. The topological polar surface area (TPSA) is 60.9 Å². The van der Waals surface area contributed by atoms with Gasteiger partial charge in [-0.15, -0.1) is 0 Å². The molecule has 7 heteroatoms. The van der Waals surface area contributed by atoms with Crippen LogP contribution in [-0.2, 0) is 4.79 Å². The molecule has 0 aliphatic carbocycles. The molecule has 0 aromatic heterocycles. The van der Waals surface area contributed by atoms with E-state index < -0.39 is 11.8 Å². The lowest BCUT2D eigenvalue weighted by atomic mass is 10.1. The van der Waals surface area contributed by atoms with Crippen molar-refractivity contribution in [1.29, 1.82) is 0 Å². The number of nitrogens with zero attached hydrogens (tertiary/aromatic N) is 3. The second-order valence-electron chi connectivity index (χ2n) is 5.92. The quantitative estimate of drug-likeness (QED) is 0.724. The summed E-state index contributed by atoms with van der Waals surface area (Å²) in [6.07, 6.45) is 0.900. The fourth-order valence-corrected chi connectivity index (χ4v) is 3.30. The molecule has 0 spiro atoms.